The van der Waals surface area contributed by atoms with Gasteiger partial charge in [0.25, 0.3) is 0 Å². The zero-order valence-corrected chi connectivity index (χ0v) is 75.2. The van der Waals surface area contributed by atoms with E-state index in [1.54, 1.807) is 0 Å². The maximum atomic E-state index is 13.2. The second kappa shape index (κ2) is 81.8. The number of aliphatic hydroxyl groups is 1. The number of carbonyl (C=O) groups is 4. The van der Waals surface area contributed by atoms with Crippen molar-refractivity contribution in [1.29, 1.82) is 0 Å². The van der Waals surface area contributed by atoms with Crippen molar-refractivity contribution >= 4 is 39.5 Å². The van der Waals surface area contributed by atoms with Crippen LogP contribution in [-0.4, -0.2) is 96.7 Å². The van der Waals surface area contributed by atoms with E-state index in [1.165, 1.54) is 295 Å². The first-order valence-electron chi connectivity index (χ1n) is 47.4. The number of phosphoric acid groups is 2. The van der Waals surface area contributed by atoms with Crippen molar-refractivity contribution in [3.8, 4) is 0 Å². The van der Waals surface area contributed by atoms with Gasteiger partial charge >= 0.3 is 39.5 Å². The molecule has 0 bridgehead atoms. The Kier molecular flexibility index (Phi) is 80.4. The number of phosphoric ester groups is 2. The van der Waals surface area contributed by atoms with Crippen LogP contribution in [0.3, 0.4) is 0 Å². The molecule has 4 unspecified atom stereocenters. The van der Waals surface area contributed by atoms with Crippen LogP contribution in [0.15, 0.2) is 0 Å². The Labute approximate surface area is 683 Å². The minimum atomic E-state index is -4.97. The first-order chi connectivity index (χ1) is 53.8. The third-order valence-electron chi connectivity index (χ3n) is 22.4. The lowest BCUT2D eigenvalue weighted by Gasteiger charge is -2.21. The smallest absolute Gasteiger partial charge is 0.462 e. The molecule has 0 aliphatic carbocycles. The molecule has 0 radical (unpaired) electrons. The van der Waals surface area contributed by atoms with E-state index < -0.39 is 97.5 Å². The fourth-order valence-corrected chi connectivity index (χ4v) is 15.9. The highest BCUT2D eigenvalue weighted by atomic mass is 31.2. The largest absolute Gasteiger partial charge is 0.472 e. The van der Waals surface area contributed by atoms with Crippen LogP contribution in [0.5, 0.6) is 0 Å². The number of hydrogen-bond acceptors (Lipinski definition) is 15. The lowest BCUT2D eigenvalue weighted by atomic mass is 9.99. The maximum absolute atomic E-state index is 13.2. The van der Waals surface area contributed by atoms with Crippen molar-refractivity contribution < 1.29 is 80.2 Å². The Morgan fingerprint density at radius 1 is 0.261 bits per heavy atom. The van der Waals surface area contributed by atoms with E-state index in [1.807, 2.05) is 0 Å². The molecule has 17 nitrogen and oxygen atoms in total. The fourth-order valence-electron chi connectivity index (χ4n) is 14.4. The minimum Gasteiger partial charge on any atom is -0.462 e. The van der Waals surface area contributed by atoms with Crippen molar-refractivity contribution in [3.05, 3.63) is 0 Å². The van der Waals surface area contributed by atoms with Crippen LogP contribution in [0.25, 0.3) is 0 Å². The number of hydrogen-bond donors (Lipinski definition) is 3. The first kappa shape index (κ1) is 109. The quantitative estimate of drug-likeness (QED) is 0.0222. The molecule has 0 rings (SSSR count). The lowest BCUT2D eigenvalue weighted by molar-refractivity contribution is -0.161. The van der Waals surface area contributed by atoms with E-state index >= 15 is 0 Å². The highest BCUT2D eigenvalue weighted by Gasteiger charge is 2.31. The maximum Gasteiger partial charge on any atom is 0.472 e. The van der Waals surface area contributed by atoms with Gasteiger partial charge in [-0.15, -0.1) is 0 Å². The molecule has 0 aromatic heterocycles. The molecule has 0 heterocycles. The third-order valence-corrected chi connectivity index (χ3v) is 24.3. The molecule has 0 saturated heterocycles. The van der Waals surface area contributed by atoms with E-state index in [0.717, 1.165) is 108 Å². The highest BCUT2D eigenvalue weighted by Crippen LogP contribution is 2.45. The van der Waals surface area contributed by atoms with Gasteiger partial charge in [-0.2, -0.15) is 0 Å². The van der Waals surface area contributed by atoms with Gasteiger partial charge in [-0.05, 0) is 43.4 Å². The summed E-state index contributed by atoms with van der Waals surface area (Å²) in [4.78, 5) is 73.4. The molecule has 0 saturated carbocycles. The summed E-state index contributed by atoms with van der Waals surface area (Å²) in [6.07, 6.45) is 75.3. The van der Waals surface area contributed by atoms with Crippen molar-refractivity contribution in [2.45, 2.75) is 510 Å². The molecule has 111 heavy (non-hydrogen) atoms. The Balaban J connectivity index is 5.20. The van der Waals surface area contributed by atoms with Gasteiger partial charge < -0.3 is 33.8 Å². The summed E-state index contributed by atoms with van der Waals surface area (Å²) in [5.74, 6) is 0.324. The minimum absolute atomic E-state index is 0.108. The molecular weight excluding hydrogens is 1440 g/mol. The van der Waals surface area contributed by atoms with Gasteiger partial charge in [0, 0.05) is 25.7 Å². The first-order valence-corrected chi connectivity index (χ1v) is 50.4. The van der Waals surface area contributed by atoms with Gasteiger partial charge in [-0.3, -0.25) is 37.3 Å². The van der Waals surface area contributed by atoms with Crippen molar-refractivity contribution in [3.63, 3.8) is 0 Å². The molecule has 0 aliphatic rings. The molecule has 19 heteroatoms. The molecular formula is C92H180O17P2. The second-order valence-electron chi connectivity index (χ2n) is 34.0. The normalized spacial score (nSPS) is 14.3. The fraction of sp³-hybridized carbons (Fsp3) is 0.957. The Hall–Kier alpha value is -1.94. The molecule has 3 N–H and O–H groups in total. The zero-order chi connectivity index (χ0) is 81.5. The Bertz CT molecular complexity index is 2130. The summed E-state index contributed by atoms with van der Waals surface area (Å²) < 4.78 is 69.0. The summed E-state index contributed by atoms with van der Waals surface area (Å²) in [7, 11) is -9.94. The zero-order valence-electron chi connectivity index (χ0n) is 73.4. The van der Waals surface area contributed by atoms with Crippen LogP contribution in [0.2, 0.25) is 0 Å². The second-order valence-corrected chi connectivity index (χ2v) is 36.9. The van der Waals surface area contributed by atoms with Gasteiger partial charge in [0.05, 0.1) is 26.4 Å². The SMILES string of the molecule is CCCCCCCCCCCCCCCCCCCCC(=O)O[C@H](COC(=O)CCCCCCCCC(C)C)COP(=O)(O)OC[C@H](O)COP(=O)(O)OC[C@@H](COC(=O)CCCCCCCCCCCCCCCCCCCCC(C)CC)OC(=O)CCCCCCCCCCCCCCCCCCCCC(C)CC. The van der Waals surface area contributed by atoms with Crippen LogP contribution in [-0.2, 0) is 65.4 Å². The molecule has 660 valence electrons. The van der Waals surface area contributed by atoms with E-state index in [2.05, 4.69) is 48.5 Å². The van der Waals surface area contributed by atoms with Crippen molar-refractivity contribution in [2.24, 2.45) is 17.8 Å². The third kappa shape index (κ3) is 82.9. The van der Waals surface area contributed by atoms with Crippen LogP contribution >= 0.6 is 15.6 Å². The number of rotatable bonds is 90. The van der Waals surface area contributed by atoms with E-state index in [0.29, 0.717) is 31.6 Å². The predicted molar refractivity (Wildman–Crippen MR) is 460 cm³/mol. The molecule has 0 aromatic carbocycles. The van der Waals surface area contributed by atoms with E-state index in [-0.39, 0.29) is 25.7 Å². The van der Waals surface area contributed by atoms with E-state index in [9.17, 15) is 43.2 Å². The standard InChI is InChI=1S/C92H180O17P2/c1-8-11-12-13-14-15-16-17-18-19-26-32-37-42-47-52-61-69-76-92(97)109-88(80-103-90(95)74-67-60-55-54-56-63-70-83(4)5)82-107-111(100,101)105-78-86(93)77-104-110(98,99)106-81-87(108-91(96)75-68-62-53-48-43-38-33-28-23-21-25-30-35-40-45-50-58-65-72-85(7)10-3)79-102-89(94)73-66-59-51-46-41-36-31-27-22-20-24-29-34-39-44-49-57-64-71-84(6)9-2/h83-88,93H,8-82H2,1-7H3,(H,98,99)(H,100,101)/t84?,85?,86-,87-,88-/m1/s1. The van der Waals surface area contributed by atoms with Crippen molar-refractivity contribution in [2.75, 3.05) is 39.6 Å². The van der Waals surface area contributed by atoms with Crippen LogP contribution in [0, 0.1) is 17.8 Å². The predicted octanol–water partition coefficient (Wildman–Crippen LogP) is 28.4. The van der Waals surface area contributed by atoms with Crippen LogP contribution in [0.4, 0.5) is 0 Å². The average molecular weight is 1620 g/mol. The molecule has 0 fully saturated rings. The Morgan fingerprint density at radius 2 is 0.459 bits per heavy atom. The molecule has 0 spiro atoms. The van der Waals surface area contributed by atoms with Crippen LogP contribution in [0.1, 0.15) is 492 Å². The summed E-state index contributed by atoms with van der Waals surface area (Å²) >= 11 is 0. The number of esters is 4. The molecule has 0 aromatic rings. The number of unbranched alkanes of at least 4 members (excludes halogenated alkanes) is 56. The number of ether oxygens (including phenoxy) is 4. The number of aliphatic hydroxyl groups excluding tert-OH is 1. The summed E-state index contributed by atoms with van der Waals surface area (Å²) in [6.45, 7) is 12.1. The highest BCUT2D eigenvalue weighted by molar-refractivity contribution is 7.47. The van der Waals surface area contributed by atoms with E-state index in [4.69, 9.17) is 37.0 Å². The summed E-state index contributed by atoms with van der Waals surface area (Å²) in [5.41, 5.74) is 0. The summed E-state index contributed by atoms with van der Waals surface area (Å²) in [5, 5.41) is 10.7. The molecule has 0 amide bonds. The molecule has 0 aliphatic heterocycles. The molecule has 7 atom stereocenters. The van der Waals surface area contributed by atoms with Gasteiger partial charge in [0.2, 0.25) is 0 Å². The van der Waals surface area contributed by atoms with Crippen molar-refractivity contribution in [1.82, 2.24) is 0 Å². The van der Waals surface area contributed by atoms with Crippen LogP contribution < -0.4 is 0 Å². The monoisotopic (exact) mass is 1620 g/mol. The lowest BCUT2D eigenvalue weighted by Crippen LogP contribution is -2.30. The van der Waals surface area contributed by atoms with Gasteiger partial charge in [0.1, 0.15) is 19.3 Å². The van der Waals surface area contributed by atoms with Gasteiger partial charge in [-0.1, -0.05) is 440 Å². The Morgan fingerprint density at radius 3 is 0.685 bits per heavy atom. The van der Waals surface area contributed by atoms with Gasteiger partial charge in [-0.25, -0.2) is 9.13 Å². The summed E-state index contributed by atoms with van der Waals surface area (Å²) in [6, 6.07) is 0. The topological polar surface area (TPSA) is 237 Å². The number of carbonyl (C=O) groups excluding carboxylic acids is 4. The average Bonchev–Trinajstić information content (AvgIpc) is 0.898. The van der Waals surface area contributed by atoms with Gasteiger partial charge in [0.15, 0.2) is 12.2 Å².